The lowest BCUT2D eigenvalue weighted by atomic mass is 10.2. The van der Waals surface area contributed by atoms with Crippen molar-refractivity contribution >= 4 is 48.3 Å². The molecule has 3 aromatic carbocycles. The summed E-state index contributed by atoms with van der Waals surface area (Å²) in [6.07, 6.45) is 0. The van der Waals surface area contributed by atoms with Crippen molar-refractivity contribution in [1.82, 2.24) is 4.98 Å². The van der Waals surface area contributed by atoms with E-state index in [9.17, 15) is 13.2 Å². The number of anilines is 2. The molecule has 0 spiro atoms. The van der Waals surface area contributed by atoms with Gasteiger partial charge in [-0.05, 0) is 48.5 Å². The lowest BCUT2D eigenvalue weighted by Crippen LogP contribution is -2.26. The molecule has 4 aromatic rings. The van der Waals surface area contributed by atoms with E-state index in [4.69, 9.17) is 4.74 Å². The molecule has 0 saturated carbocycles. The van der Waals surface area contributed by atoms with Gasteiger partial charge in [-0.15, -0.1) is 0 Å². The summed E-state index contributed by atoms with van der Waals surface area (Å²) in [5.74, 6) is 0.254. The van der Waals surface area contributed by atoms with Crippen LogP contribution in [0.4, 0.5) is 10.8 Å². The lowest BCUT2D eigenvalue weighted by Gasteiger charge is -2.19. The van der Waals surface area contributed by atoms with E-state index in [1.807, 2.05) is 18.2 Å². The second-order valence-electron chi connectivity index (χ2n) is 6.61. The van der Waals surface area contributed by atoms with Gasteiger partial charge in [0.2, 0.25) is 0 Å². The van der Waals surface area contributed by atoms with E-state index in [-0.39, 0.29) is 10.8 Å². The van der Waals surface area contributed by atoms with Gasteiger partial charge < -0.3 is 4.74 Å². The van der Waals surface area contributed by atoms with E-state index in [2.05, 4.69) is 10.3 Å². The predicted octanol–water partition coefficient (Wildman–Crippen LogP) is 4.38. The number of amides is 1. The number of carbonyl (C=O) groups is 1. The summed E-state index contributed by atoms with van der Waals surface area (Å²) in [6, 6.07) is 20.2. The number of nitrogens with zero attached hydrogens (tertiary/aromatic N) is 2. The third-order valence-electron chi connectivity index (χ3n) is 4.72. The minimum absolute atomic E-state index is 0.0973. The van der Waals surface area contributed by atoms with E-state index in [1.165, 1.54) is 47.0 Å². The Hall–Kier alpha value is -3.43. The van der Waals surface area contributed by atoms with Crippen molar-refractivity contribution < 1.29 is 17.9 Å². The van der Waals surface area contributed by atoms with Crippen LogP contribution in [0.5, 0.6) is 5.75 Å². The molecular formula is C22H19N3O4S2. The van der Waals surface area contributed by atoms with Crippen molar-refractivity contribution in [2.45, 2.75) is 4.90 Å². The smallest absolute Gasteiger partial charge is 0.264 e. The summed E-state index contributed by atoms with van der Waals surface area (Å²) in [4.78, 5) is 17.1. The third-order valence-corrected chi connectivity index (χ3v) is 7.45. The number of rotatable bonds is 6. The molecule has 0 saturated heterocycles. The molecular weight excluding hydrogens is 434 g/mol. The highest BCUT2D eigenvalue weighted by molar-refractivity contribution is 7.92. The molecule has 9 heteroatoms. The van der Waals surface area contributed by atoms with E-state index < -0.39 is 10.0 Å². The van der Waals surface area contributed by atoms with Gasteiger partial charge in [0.05, 0.1) is 22.4 Å². The van der Waals surface area contributed by atoms with Gasteiger partial charge in [0.15, 0.2) is 5.13 Å². The van der Waals surface area contributed by atoms with Crippen molar-refractivity contribution in [3.05, 3.63) is 78.4 Å². The molecule has 158 valence electrons. The molecule has 1 amide bonds. The fourth-order valence-corrected chi connectivity index (χ4v) is 5.10. The molecule has 1 aromatic heterocycles. The van der Waals surface area contributed by atoms with E-state index in [0.29, 0.717) is 27.6 Å². The zero-order valence-corrected chi connectivity index (χ0v) is 18.4. The number of sulfonamides is 1. The Bertz CT molecular complexity index is 1330. The molecule has 31 heavy (non-hydrogen) atoms. The van der Waals surface area contributed by atoms with Crippen LogP contribution in [0, 0.1) is 0 Å². The maximum absolute atomic E-state index is 12.9. The number of hydrogen-bond donors (Lipinski definition) is 1. The molecule has 0 unspecified atom stereocenters. The number of thiazole rings is 1. The first kappa shape index (κ1) is 20.8. The zero-order valence-electron chi connectivity index (χ0n) is 16.8. The summed E-state index contributed by atoms with van der Waals surface area (Å²) < 4.78 is 33.1. The second kappa shape index (κ2) is 8.37. The number of nitrogens with one attached hydrogen (secondary N) is 1. The standard InChI is InChI=1S/C22H19N3O4S2/c1-25(16-7-4-3-5-8-16)31(27,28)17-13-11-15(12-14-17)21(26)24-22-23-20-18(29-2)9-6-10-19(20)30-22/h3-14H,1-2H3,(H,23,24,26). The topological polar surface area (TPSA) is 88.6 Å². The average Bonchev–Trinajstić information content (AvgIpc) is 3.21. The number of para-hydroxylation sites is 2. The zero-order chi connectivity index (χ0) is 22.0. The molecule has 0 radical (unpaired) electrons. The Morgan fingerprint density at radius 1 is 1.00 bits per heavy atom. The molecule has 0 atom stereocenters. The van der Waals surface area contributed by atoms with E-state index >= 15 is 0 Å². The fraction of sp³-hybridized carbons (Fsp3) is 0.0909. The predicted molar refractivity (Wildman–Crippen MR) is 123 cm³/mol. The van der Waals surface area contributed by atoms with Crippen LogP contribution in [-0.4, -0.2) is 33.5 Å². The van der Waals surface area contributed by atoms with Crippen LogP contribution in [0.3, 0.4) is 0 Å². The molecule has 0 aliphatic rings. The number of aromatic nitrogens is 1. The van der Waals surface area contributed by atoms with Crippen LogP contribution in [-0.2, 0) is 10.0 Å². The molecule has 0 bridgehead atoms. The van der Waals surface area contributed by atoms with Gasteiger partial charge in [0.25, 0.3) is 15.9 Å². The second-order valence-corrected chi connectivity index (χ2v) is 9.61. The van der Waals surface area contributed by atoms with Crippen molar-refractivity contribution in [3.8, 4) is 5.75 Å². The number of benzene rings is 3. The largest absolute Gasteiger partial charge is 0.494 e. The lowest BCUT2D eigenvalue weighted by molar-refractivity contribution is 0.102. The van der Waals surface area contributed by atoms with E-state index in [1.54, 1.807) is 37.4 Å². The summed E-state index contributed by atoms with van der Waals surface area (Å²) >= 11 is 1.33. The van der Waals surface area contributed by atoms with Crippen LogP contribution < -0.4 is 14.4 Å². The number of fused-ring (bicyclic) bond motifs is 1. The fourth-order valence-electron chi connectivity index (χ4n) is 3.02. The van der Waals surface area contributed by atoms with Gasteiger partial charge in [0, 0.05) is 12.6 Å². The van der Waals surface area contributed by atoms with Gasteiger partial charge in [-0.3, -0.25) is 14.4 Å². The van der Waals surface area contributed by atoms with Gasteiger partial charge in [-0.1, -0.05) is 35.6 Å². The molecule has 4 rings (SSSR count). The maximum Gasteiger partial charge on any atom is 0.264 e. The van der Waals surface area contributed by atoms with Gasteiger partial charge >= 0.3 is 0 Å². The number of carbonyl (C=O) groups excluding carboxylic acids is 1. The van der Waals surface area contributed by atoms with Crippen molar-refractivity contribution in [2.75, 3.05) is 23.8 Å². The van der Waals surface area contributed by atoms with Crippen LogP contribution in [0.25, 0.3) is 10.2 Å². The summed E-state index contributed by atoms with van der Waals surface area (Å²) in [5, 5.41) is 3.19. The third kappa shape index (κ3) is 4.10. The van der Waals surface area contributed by atoms with Crippen LogP contribution >= 0.6 is 11.3 Å². The van der Waals surface area contributed by atoms with Gasteiger partial charge in [-0.25, -0.2) is 13.4 Å². The molecule has 0 fully saturated rings. The average molecular weight is 454 g/mol. The summed E-state index contributed by atoms with van der Waals surface area (Å²) in [6.45, 7) is 0. The molecule has 0 aliphatic heterocycles. The van der Waals surface area contributed by atoms with Gasteiger partial charge in [0.1, 0.15) is 11.3 Å². The number of methoxy groups -OCH3 is 1. The Labute approximate surface area is 184 Å². The monoisotopic (exact) mass is 453 g/mol. The van der Waals surface area contributed by atoms with Crippen LogP contribution in [0.15, 0.2) is 77.7 Å². The first-order valence-electron chi connectivity index (χ1n) is 9.29. The maximum atomic E-state index is 12.9. The highest BCUT2D eigenvalue weighted by atomic mass is 32.2. The SMILES string of the molecule is COc1cccc2sc(NC(=O)c3ccc(S(=O)(=O)N(C)c4ccccc4)cc3)nc12. The van der Waals surface area contributed by atoms with Crippen molar-refractivity contribution in [2.24, 2.45) is 0 Å². The Morgan fingerprint density at radius 3 is 2.39 bits per heavy atom. The number of ether oxygens (including phenoxy) is 1. The molecule has 7 nitrogen and oxygen atoms in total. The Balaban J connectivity index is 1.53. The molecule has 1 heterocycles. The summed E-state index contributed by atoms with van der Waals surface area (Å²) in [5.41, 5.74) is 1.55. The first-order chi connectivity index (χ1) is 14.9. The Morgan fingerprint density at radius 2 is 1.71 bits per heavy atom. The minimum atomic E-state index is -3.74. The Kier molecular flexibility index (Phi) is 5.62. The highest BCUT2D eigenvalue weighted by Gasteiger charge is 2.21. The minimum Gasteiger partial charge on any atom is -0.494 e. The first-order valence-corrected chi connectivity index (χ1v) is 11.5. The normalized spacial score (nSPS) is 11.3. The van der Waals surface area contributed by atoms with Gasteiger partial charge in [-0.2, -0.15) is 0 Å². The number of hydrogen-bond acceptors (Lipinski definition) is 6. The summed E-state index contributed by atoms with van der Waals surface area (Å²) in [7, 11) is -0.682. The van der Waals surface area contributed by atoms with Crippen molar-refractivity contribution in [3.63, 3.8) is 0 Å². The van der Waals surface area contributed by atoms with E-state index in [0.717, 1.165) is 4.70 Å². The van der Waals surface area contributed by atoms with Crippen LogP contribution in [0.1, 0.15) is 10.4 Å². The molecule has 0 aliphatic carbocycles. The highest BCUT2D eigenvalue weighted by Crippen LogP contribution is 2.32. The molecule has 1 N–H and O–H groups in total. The quantitative estimate of drug-likeness (QED) is 0.468. The van der Waals surface area contributed by atoms with Crippen LogP contribution in [0.2, 0.25) is 0 Å². The van der Waals surface area contributed by atoms with Crippen molar-refractivity contribution in [1.29, 1.82) is 0 Å².